The van der Waals surface area contributed by atoms with Crippen molar-refractivity contribution in [1.82, 2.24) is 25.1 Å². The van der Waals surface area contributed by atoms with Crippen LogP contribution in [-0.4, -0.2) is 37.8 Å². The van der Waals surface area contributed by atoms with E-state index in [1.54, 1.807) is 18.0 Å². The van der Waals surface area contributed by atoms with Gasteiger partial charge in [-0.3, -0.25) is 9.78 Å². The highest BCUT2D eigenvalue weighted by molar-refractivity contribution is 5.93. The molecule has 0 saturated carbocycles. The SMILES string of the molecule is C[C@H]1COCc2c(c(C#N)nn2C)/C=C/c2[nH]nc3ccc(cc23)-c2conc2O1. The zero-order valence-corrected chi connectivity index (χ0v) is 16.4. The fourth-order valence-electron chi connectivity index (χ4n) is 3.54. The van der Waals surface area contributed by atoms with Crippen molar-refractivity contribution in [2.45, 2.75) is 19.6 Å². The molecule has 5 rings (SSSR count). The zero-order chi connectivity index (χ0) is 20.7. The summed E-state index contributed by atoms with van der Waals surface area (Å²) < 4.78 is 18.7. The average molecular weight is 402 g/mol. The van der Waals surface area contributed by atoms with Crippen LogP contribution < -0.4 is 4.74 Å². The molecule has 9 heteroatoms. The lowest BCUT2D eigenvalue weighted by Gasteiger charge is -2.14. The molecule has 0 saturated heterocycles. The number of nitrogens with zero attached hydrogens (tertiary/aromatic N) is 5. The van der Waals surface area contributed by atoms with Crippen LogP contribution in [0, 0.1) is 11.3 Å². The molecule has 30 heavy (non-hydrogen) atoms. The number of aromatic amines is 1. The van der Waals surface area contributed by atoms with E-state index < -0.39 is 0 Å². The molecule has 4 heterocycles. The summed E-state index contributed by atoms with van der Waals surface area (Å²) in [5.41, 5.74) is 5.17. The minimum Gasteiger partial charge on any atom is -0.470 e. The van der Waals surface area contributed by atoms with Crippen molar-refractivity contribution in [1.29, 1.82) is 5.26 Å². The molecule has 0 radical (unpaired) electrons. The summed E-state index contributed by atoms with van der Waals surface area (Å²) in [6.07, 6.45) is 5.08. The van der Waals surface area contributed by atoms with Crippen molar-refractivity contribution in [2.75, 3.05) is 6.61 Å². The molecule has 1 N–H and O–H groups in total. The molecule has 0 unspecified atom stereocenters. The molecule has 1 aliphatic heterocycles. The predicted molar refractivity (Wildman–Crippen MR) is 108 cm³/mol. The van der Waals surface area contributed by atoms with E-state index >= 15 is 0 Å². The molecule has 0 fully saturated rings. The Morgan fingerprint density at radius 2 is 2.20 bits per heavy atom. The van der Waals surface area contributed by atoms with Gasteiger partial charge in [0.2, 0.25) is 0 Å². The largest absolute Gasteiger partial charge is 0.470 e. The molecule has 0 aliphatic carbocycles. The van der Waals surface area contributed by atoms with Gasteiger partial charge in [-0.1, -0.05) is 6.07 Å². The van der Waals surface area contributed by atoms with Gasteiger partial charge in [-0.2, -0.15) is 15.5 Å². The average Bonchev–Trinajstić information content (AvgIpc) is 3.43. The Bertz CT molecular complexity index is 1310. The monoisotopic (exact) mass is 402 g/mol. The van der Waals surface area contributed by atoms with E-state index in [0.29, 0.717) is 18.2 Å². The second-order valence-electron chi connectivity index (χ2n) is 7.12. The molecular formula is C21H18N6O3. The second-order valence-corrected chi connectivity index (χ2v) is 7.12. The van der Waals surface area contributed by atoms with Gasteiger partial charge in [-0.15, -0.1) is 0 Å². The Balaban J connectivity index is 1.68. The number of aromatic nitrogens is 5. The third-order valence-electron chi connectivity index (χ3n) is 5.06. The molecule has 0 amide bonds. The lowest BCUT2D eigenvalue weighted by Crippen LogP contribution is -2.20. The van der Waals surface area contributed by atoms with Gasteiger partial charge in [-0.05, 0) is 41.9 Å². The number of benzene rings is 1. The number of H-pyrrole nitrogens is 1. The van der Waals surface area contributed by atoms with Crippen LogP contribution in [0.3, 0.4) is 0 Å². The molecule has 1 atom stereocenters. The fourth-order valence-corrected chi connectivity index (χ4v) is 3.54. The topological polar surface area (TPSA) is 115 Å². The summed E-state index contributed by atoms with van der Waals surface area (Å²) in [5, 5.41) is 26.2. The first-order chi connectivity index (χ1) is 14.6. The summed E-state index contributed by atoms with van der Waals surface area (Å²) in [6.45, 7) is 2.53. The zero-order valence-electron chi connectivity index (χ0n) is 16.4. The first-order valence-corrected chi connectivity index (χ1v) is 9.45. The minimum absolute atomic E-state index is 0.255. The van der Waals surface area contributed by atoms with Gasteiger partial charge in [0.15, 0.2) is 5.69 Å². The lowest BCUT2D eigenvalue weighted by molar-refractivity contribution is 0.0433. The van der Waals surface area contributed by atoms with Crippen LogP contribution in [-0.2, 0) is 18.4 Å². The van der Waals surface area contributed by atoms with Crippen LogP contribution in [0.5, 0.6) is 5.88 Å². The molecule has 1 aromatic carbocycles. The van der Waals surface area contributed by atoms with E-state index in [1.807, 2.05) is 37.3 Å². The minimum atomic E-state index is -0.255. The Morgan fingerprint density at radius 1 is 1.30 bits per heavy atom. The quantitative estimate of drug-likeness (QED) is 0.480. The van der Waals surface area contributed by atoms with Crippen molar-refractivity contribution < 1.29 is 14.0 Å². The summed E-state index contributed by atoms with van der Waals surface area (Å²) in [6, 6.07) is 8.04. The Labute approximate surface area is 171 Å². The Kier molecular flexibility index (Phi) is 4.34. The lowest BCUT2D eigenvalue weighted by atomic mass is 10.0. The van der Waals surface area contributed by atoms with Gasteiger partial charge >= 0.3 is 0 Å². The van der Waals surface area contributed by atoms with Crippen molar-refractivity contribution >= 4 is 23.1 Å². The Morgan fingerprint density at radius 3 is 3.07 bits per heavy atom. The van der Waals surface area contributed by atoms with Crippen LogP contribution >= 0.6 is 0 Å². The number of nitriles is 1. The molecule has 0 spiro atoms. The maximum Gasteiger partial charge on any atom is 0.262 e. The molecule has 2 bridgehead atoms. The molecule has 1 aliphatic rings. The number of ether oxygens (including phenoxy) is 2. The summed E-state index contributed by atoms with van der Waals surface area (Å²) >= 11 is 0. The smallest absolute Gasteiger partial charge is 0.262 e. The highest BCUT2D eigenvalue weighted by Gasteiger charge is 2.19. The third-order valence-corrected chi connectivity index (χ3v) is 5.06. The van der Waals surface area contributed by atoms with E-state index in [0.717, 1.165) is 39.0 Å². The number of hydrogen-bond donors (Lipinski definition) is 1. The first-order valence-electron chi connectivity index (χ1n) is 9.45. The molecule has 150 valence electrons. The molecule has 3 aromatic heterocycles. The second kappa shape index (κ2) is 7.17. The van der Waals surface area contributed by atoms with E-state index in [-0.39, 0.29) is 12.7 Å². The van der Waals surface area contributed by atoms with E-state index in [9.17, 15) is 5.26 Å². The number of fused-ring (bicyclic) bond motifs is 4. The van der Waals surface area contributed by atoms with Crippen molar-refractivity contribution in [3.63, 3.8) is 0 Å². The summed E-state index contributed by atoms with van der Waals surface area (Å²) in [5.74, 6) is 0.411. The maximum absolute atomic E-state index is 9.50. The van der Waals surface area contributed by atoms with Crippen molar-refractivity contribution in [3.8, 4) is 23.1 Å². The highest BCUT2D eigenvalue weighted by atomic mass is 16.6. The van der Waals surface area contributed by atoms with Crippen LogP contribution in [0.2, 0.25) is 0 Å². The number of aryl methyl sites for hydroxylation is 1. The summed E-state index contributed by atoms with van der Waals surface area (Å²) in [7, 11) is 1.80. The maximum atomic E-state index is 9.50. The Hall–Kier alpha value is -3.90. The van der Waals surface area contributed by atoms with Gasteiger partial charge < -0.3 is 14.0 Å². The third kappa shape index (κ3) is 3.03. The predicted octanol–water partition coefficient (Wildman–Crippen LogP) is 3.29. The van der Waals surface area contributed by atoms with Gasteiger partial charge in [0.1, 0.15) is 18.4 Å². The number of nitrogens with one attached hydrogen (secondary N) is 1. The van der Waals surface area contributed by atoms with Gasteiger partial charge in [-0.25, -0.2) is 0 Å². The van der Waals surface area contributed by atoms with Crippen LogP contribution in [0.1, 0.15) is 29.6 Å². The van der Waals surface area contributed by atoms with Crippen molar-refractivity contribution in [3.05, 3.63) is 47.1 Å². The summed E-state index contributed by atoms with van der Waals surface area (Å²) in [4.78, 5) is 0. The molecule has 4 aromatic rings. The first kappa shape index (κ1) is 18.1. The normalized spacial score (nSPS) is 17.4. The van der Waals surface area contributed by atoms with Gasteiger partial charge in [0.05, 0.1) is 35.7 Å². The van der Waals surface area contributed by atoms with Gasteiger partial charge in [0, 0.05) is 18.0 Å². The van der Waals surface area contributed by atoms with E-state index in [4.69, 9.17) is 14.0 Å². The van der Waals surface area contributed by atoms with Crippen LogP contribution in [0.4, 0.5) is 0 Å². The van der Waals surface area contributed by atoms with Crippen molar-refractivity contribution in [2.24, 2.45) is 7.05 Å². The standard InChI is InChI=1S/C21H18N6O3/c1-12-9-28-11-20-14(19(8-22)25-27(20)2)4-6-18-15-7-13(3-5-17(15)23-24-18)16-10-29-26-21(16)30-12/h3-7,10,12H,9,11H2,1-2H3,(H,23,24)/b6-4+/t12-/m0/s1. The van der Waals surface area contributed by atoms with E-state index in [1.165, 1.54) is 0 Å². The van der Waals surface area contributed by atoms with Gasteiger partial charge in [0.25, 0.3) is 5.88 Å². The van der Waals surface area contributed by atoms with Crippen LogP contribution in [0.15, 0.2) is 29.0 Å². The van der Waals surface area contributed by atoms with E-state index in [2.05, 4.69) is 26.5 Å². The molecular weight excluding hydrogens is 384 g/mol. The number of rotatable bonds is 0. The number of hydrogen-bond acceptors (Lipinski definition) is 7. The highest BCUT2D eigenvalue weighted by Crippen LogP contribution is 2.33. The fraction of sp³-hybridized carbons (Fsp3) is 0.238. The van der Waals surface area contributed by atoms with Crippen LogP contribution in [0.25, 0.3) is 34.2 Å². The molecule has 9 nitrogen and oxygen atoms in total.